The summed E-state index contributed by atoms with van der Waals surface area (Å²) < 4.78 is 0. The lowest BCUT2D eigenvalue weighted by Gasteiger charge is -2.29. The minimum Gasteiger partial charge on any atom is -0.478 e. The van der Waals surface area contributed by atoms with E-state index in [9.17, 15) is 19.5 Å². The molecule has 0 bridgehead atoms. The molecule has 3 aromatic carbocycles. The van der Waals surface area contributed by atoms with E-state index in [2.05, 4.69) is 5.32 Å². The molecule has 4 rings (SSSR count). The second kappa shape index (κ2) is 7.70. The van der Waals surface area contributed by atoms with Crippen molar-refractivity contribution in [3.05, 3.63) is 82.4 Å². The number of hydrogen-bond acceptors (Lipinski definition) is 4. The largest absolute Gasteiger partial charge is 0.478 e. The second-order valence-corrected chi connectivity index (χ2v) is 7.31. The van der Waals surface area contributed by atoms with Crippen LogP contribution in [0.2, 0.25) is 5.02 Å². The van der Waals surface area contributed by atoms with Crippen LogP contribution < -0.4 is 10.2 Å². The number of hydrogen-bond donors (Lipinski definition) is 2. The number of anilines is 1. The molecule has 0 aromatic heterocycles. The molecule has 0 aliphatic carbocycles. The number of aromatic carboxylic acids is 1. The lowest BCUT2D eigenvalue weighted by atomic mass is 9.97. The summed E-state index contributed by atoms with van der Waals surface area (Å²) in [5.41, 5.74) is 0.803. The van der Waals surface area contributed by atoms with Gasteiger partial charge in [0.2, 0.25) is 0 Å². The fraction of sp³-hybridized carbons (Fsp3) is 0. The zero-order chi connectivity index (χ0) is 21.4. The van der Waals surface area contributed by atoms with Gasteiger partial charge < -0.3 is 5.11 Å². The maximum Gasteiger partial charge on any atom is 0.336 e. The van der Waals surface area contributed by atoms with Gasteiger partial charge in [0.05, 0.1) is 11.3 Å². The van der Waals surface area contributed by atoms with Crippen LogP contribution in [0.15, 0.2) is 66.2 Å². The number of thiocarbonyl (C=S) groups is 1. The van der Waals surface area contributed by atoms with E-state index in [1.165, 1.54) is 17.0 Å². The van der Waals surface area contributed by atoms with E-state index in [-0.39, 0.29) is 16.2 Å². The fourth-order valence-corrected chi connectivity index (χ4v) is 3.71. The van der Waals surface area contributed by atoms with Gasteiger partial charge in [-0.2, -0.15) is 0 Å². The van der Waals surface area contributed by atoms with Gasteiger partial charge in [0.25, 0.3) is 11.8 Å². The van der Waals surface area contributed by atoms with E-state index in [0.29, 0.717) is 27.0 Å². The Bertz CT molecular complexity index is 1260. The number of nitrogens with one attached hydrogen (secondary N) is 1. The van der Waals surface area contributed by atoms with Crippen LogP contribution in [0.3, 0.4) is 0 Å². The van der Waals surface area contributed by atoms with Gasteiger partial charge >= 0.3 is 5.97 Å². The Morgan fingerprint density at radius 2 is 1.70 bits per heavy atom. The minimum absolute atomic E-state index is 0.0476. The molecule has 148 valence electrons. The molecule has 30 heavy (non-hydrogen) atoms. The van der Waals surface area contributed by atoms with Crippen molar-refractivity contribution in [3.8, 4) is 0 Å². The average molecular weight is 437 g/mol. The van der Waals surface area contributed by atoms with Gasteiger partial charge in [-0.25, -0.2) is 4.79 Å². The van der Waals surface area contributed by atoms with Crippen LogP contribution in [-0.2, 0) is 9.59 Å². The minimum atomic E-state index is -1.10. The number of carbonyl (C=O) groups excluding carboxylic acids is 2. The number of fused-ring (bicyclic) bond motifs is 1. The summed E-state index contributed by atoms with van der Waals surface area (Å²) in [6.45, 7) is 0. The normalized spacial score (nSPS) is 15.6. The molecule has 0 radical (unpaired) electrons. The molecule has 0 atom stereocenters. The van der Waals surface area contributed by atoms with Crippen molar-refractivity contribution in [3.63, 3.8) is 0 Å². The van der Waals surface area contributed by atoms with Gasteiger partial charge in [-0.05, 0) is 59.6 Å². The van der Waals surface area contributed by atoms with Crippen molar-refractivity contribution < 1.29 is 19.5 Å². The molecule has 1 aliphatic heterocycles. The van der Waals surface area contributed by atoms with Crippen molar-refractivity contribution >= 4 is 69.3 Å². The first-order chi connectivity index (χ1) is 14.4. The monoisotopic (exact) mass is 436 g/mol. The van der Waals surface area contributed by atoms with E-state index in [1.807, 2.05) is 0 Å². The van der Waals surface area contributed by atoms with Crippen LogP contribution in [0.1, 0.15) is 15.9 Å². The molecule has 0 saturated carbocycles. The maximum absolute atomic E-state index is 13.2. The summed E-state index contributed by atoms with van der Waals surface area (Å²) in [5.74, 6) is -2.37. The quantitative estimate of drug-likeness (QED) is 0.368. The van der Waals surface area contributed by atoms with Crippen molar-refractivity contribution in [1.29, 1.82) is 0 Å². The van der Waals surface area contributed by atoms with Gasteiger partial charge in [-0.15, -0.1) is 0 Å². The number of carboxylic acids is 1. The summed E-state index contributed by atoms with van der Waals surface area (Å²) in [6, 6.07) is 16.5. The maximum atomic E-state index is 13.2. The zero-order valence-corrected chi connectivity index (χ0v) is 16.8. The molecular weight excluding hydrogens is 424 g/mol. The Balaban J connectivity index is 1.86. The van der Waals surface area contributed by atoms with Crippen LogP contribution in [0, 0.1) is 0 Å². The third kappa shape index (κ3) is 3.45. The smallest absolute Gasteiger partial charge is 0.336 e. The molecule has 3 aromatic rings. The molecule has 1 fully saturated rings. The number of rotatable bonds is 3. The van der Waals surface area contributed by atoms with Crippen LogP contribution in [-0.4, -0.2) is 28.0 Å². The molecule has 6 nitrogen and oxygen atoms in total. The highest BCUT2D eigenvalue weighted by Crippen LogP contribution is 2.28. The predicted molar refractivity (Wildman–Crippen MR) is 119 cm³/mol. The third-order valence-electron chi connectivity index (χ3n) is 4.65. The van der Waals surface area contributed by atoms with E-state index >= 15 is 0 Å². The molecule has 2 amide bonds. The van der Waals surface area contributed by atoms with Crippen molar-refractivity contribution in [2.75, 3.05) is 4.90 Å². The average Bonchev–Trinajstić information content (AvgIpc) is 2.72. The topological polar surface area (TPSA) is 86.7 Å². The lowest BCUT2D eigenvalue weighted by molar-refractivity contribution is -0.122. The summed E-state index contributed by atoms with van der Waals surface area (Å²) in [5, 5.41) is 13.6. The summed E-state index contributed by atoms with van der Waals surface area (Å²) in [4.78, 5) is 38.6. The van der Waals surface area contributed by atoms with Gasteiger partial charge in [-0.3, -0.25) is 19.8 Å². The Morgan fingerprint density at radius 1 is 1.03 bits per heavy atom. The van der Waals surface area contributed by atoms with Gasteiger partial charge in [0.15, 0.2) is 5.11 Å². The number of carbonyl (C=O) groups is 3. The van der Waals surface area contributed by atoms with E-state index in [0.717, 1.165) is 0 Å². The third-order valence-corrected chi connectivity index (χ3v) is 5.19. The van der Waals surface area contributed by atoms with E-state index in [1.54, 1.807) is 54.6 Å². The predicted octanol–water partition coefficient (Wildman–Crippen LogP) is 4.02. The number of benzene rings is 3. The van der Waals surface area contributed by atoms with Crippen LogP contribution in [0.5, 0.6) is 0 Å². The van der Waals surface area contributed by atoms with Gasteiger partial charge in [-0.1, -0.05) is 41.9 Å². The molecule has 8 heteroatoms. The number of amides is 2. The van der Waals surface area contributed by atoms with Crippen LogP contribution in [0.25, 0.3) is 16.8 Å². The highest BCUT2D eigenvalue weighted by molar-refractivity contribution is 7.80. The Kier molecular flexibility index (Phi) is 5.07. The molecule has 0 unspecified atom stereocenters. The van der Waals surface area contributed by atoms with Gasteiger partial charge in [0, 0.05) is 10.4 Å². The van der Waals surface area contributed by atoms with Crippen LogP contribution in [0.4, 0.5) is 5.69 Å². The number of nitrogens with zero attached hydrogens (tertiary/aromatic N) is 1. The van der Waals surface area contributed by atoms with Crippen LogP contribution >= 0.6 is 23.8 Å². The molecular formula is C22H13ClN2O4S. The first kappa shape index (κ1) is 19.8. The lowest BCUT2D eigenvalue weighted by Crippen LogP contribution is -2.54. The standard InChI is InChI=1S/C22H13ClN2O4S/c23-14-7-9-15(10-8-14)25-20(27)17(19(26)24-22(25)30)11-13-5-1-3-12-4-2-6-16(18(12)13)21(28)29/h1-11H,(H,28,29)(H,24,26,30). The SMILES string of the molecule is O=C1NC(=S)N(c2ccc(Cl)cc2)C(=O)C1=Cc1cccc2cccc(C(=O)O)c12. The van der Waals surface area contributed by atoms with E-state index < -0.39 is 17.8 Å². The van der Waals surface area contributed by atoms with E-state index in [4.69, 9.17) is 23.8 Å². The zero-order valence-electron chi connectivity index (χ0n) is 15.3. The summed E-state index contributed by atoms with van der Waals surface area (Å²) in [6.07, 6.45) is 1.39. The molecule has 0 spiro atoms. The summed E-state index contributed by atoms with van der Waals surface area (Å²) >= 11 is 11.1. The highest BCUT2D eigenvalue weighted by atomic mass is 35.5. The Hall–Kier alpha value is -3.55. The Morgan fingerprint density at radius 3 is 2.37 bits per heavy atom. The first-order valence-electron chi connectivity index (χ1n) is 8.79. The Labute approximate surface area is 181 Å². The van der Waals surface area contributed by atoms with Crippen molar-refractivity contribution in [1.82, 2.24) is 5.32 Å². The number of halogens is 1. The van der Waals surface area contributed by atoms with Crippen molar-refractivity contribution in [2.45, 2.75) is 0 Å². The number of carboxylic acid groups (broad SMARTS) is 1. The molecule has 1 heterocycles. The summed E-state index contributed by atoms with van der Waals surface area (Å²) in [7, 11) is 0. The molecule has 2 N–H and O–H groups in total. The van der Waals surface area contributed by atoms with Gasteiger partial charge in [0.1, 0.15) is 5.57 Å². The second-order valence-electron chi connectivity index (χ2n) is 6.49. The first-order valence-corrected chi connectivity index (χ1v) is 9.57. The highest BCUT2D eigenvalue weighted by Gasteiger charge is 2.34. The molecule has 1 saturated heterocycles. The molecule has 1 aliphatic rings. The fourth-order valence-electron chi connectivity index (χ4n) is 3.31. The van der Waals surface area contributed by atoms with Crippen molar-refractivity contribution in [2.24, 2.45) is 0 Å².